The highest BCUT2D eigenvalue weighted by molar-refractivity contribution is 6.48. The zero-order valence-electron chi connectivity index (χ0n) is 31.1. The molecule has 0 aliphatic heterocycles. The summed E-state index contributed by atoms with van der Waals surface area (Å²) >= 11 is 0. The lowest BCUT2D eigenvalue weighted by molar-refractivity contribution is -0.275. The number of anilines is 2. The van der Waals surface area contributed by atoms with Gasteiger partial charge >= 0.3 is 18.4 Å². The van der Waals surface area contributed by atoms with E-state index in [1.165, 1.54) is 47.9 Å². The Morgan fingerprint density at radius 2 is 1.58 bits per heavy atom. The maximum Gasteiger partial charge on any atom is 0.573 e. The van der Waals surface area contributed by atoms with Crippen molar-refractivity contribution in [3.63, 3.8) is 0 Å². The second kappa shape index (κ2) is 18.1. The van der Waals surface area contributed by atoms with Gasteiger partial charge in [0.1, 0.15) is 5.75 Å². The van der Waals surface area contributed by atoms with Crippen LogP contribution < -0.4 is 20.3 Å². The van der Waals surface area contributed by atoms with E-state index in [2.05, 4.69) is 20.1 Å². The van der Waals surface area contributed by atoms with E-state index in [1.807, 2.05) is 58.1 Å². The number of esters is 1. The predicted molar refractivity (Wildman–Crippen MR) is 200 cm³/mol. The average Bonchev–Trinajstić information content (AvgIpc) is 3.11. The molecule has 10 nitrogen and oxygen atoms in total. The normalized spacial score (nSPS) is 15.0. The minimum absolute atomic E-state index is 0.0896. The molecule has 0 aromatic heterocycles. The Kier molecular flexibility index (Phi) is 14.1. The first-order chi connectivity index (χ1) is 24.9. The van der Waals surface area contributed by atoms with Gasteiger partial charge < -0.3 is 29.6 Å². The number of aliphatic hydroxyl groups excluding tert-OH is 1. The van der Waals surface area contributed by atoms with Gasteiger partial charge in [0.05, 0.1) is 26.3 Å². The number of nitrogens with zero attached hydrogens (tertiary/aromatic N) is 1. The highest BCUT2D eigenvalue weighted by Crippen LogP contribution is 2.43. The van der Waals surface area contributed by atoms with Crippen molar-refractivity contribution in [3.8, 4) is 5.75 Å². The molecule has 0 heterocycles. The van der Waals surface area contributed by atoms with Crippen molar-refractivity contribution < 1.29 is 46.6 Å². The molecule has 53 heavy (non-hydrogen) atoms. The molecule has 1 unspecified atom stereocenters. The fourth-order valence-electron chi connectivity index (χ4n) is 6.35. The van der Waals surface area contributed by atoms with Gasteiger partial charge in [-0.3, -0.25) is 9.69 Å². The van der Waals surface area contributed by atoms with Crippen LogP contribution in [0.2, 0.25) is 13.1 Å². The van der Waals surface area contributed by atoms with E-state index in [1.54, 1.807) is 24.3 Å². The SMILES string of the molecule is COC(=O)[C@H](O)CNC(=O)c1ccc(CN(C(=O)Nc2ccc(OC(F)(F)F)c(C(O[SiH](C)C)C(C)(C)C)c2)c2ccc(C3CCCCC3)cc2)cc1. The van der Waals surface area contributed by atoms with Crippen LogP contribution >= 0.6 is 0 Å². The summed E-state index contributed by atoms with van der Waals surface area (Å²) in [6.45, 7) is 9.24. The molecule has 3 aromatic carbocycles. The van der Waals surface area contributed by atoms with Crippen molar-refractivity contribution in [1.82, 2.24) is 5.32 Å². The van der Waals surface area contributed by atoms with Gasteiger partial charge in [-0.05, 0) is 90.9 Å². The number of ether oxygens (including phenoxy) is 2. The van der Waals surface area contributed by atoms with Gasteiger partial charge in [-0.15, -0.1) is 13.2 Å². The lowest BCUT2D eigenvalue weighted by atomic mass is 9.84. The van der Waals surface area contributed by atoms with Crippen LogP contribution in [0.3, 0.4) is 0 Å². The number of rotatable bonds is 13. The van der Waals surface area contributed by atoms with Gasteiger partial charge in [-0.2, -0.15) is 0 Å². The molecule has 1 aliphatic rings. The number of hydrogen-bond acceptors (Lipinski definition) is 7. The van der Waals surface area contributed by atoms with Crippen molar-refractivity contribution >= 4 is 38.3 Å². The standard InChI is InChI=1S/C39H50F3N3O7Si/c1-38(2,3)34(52-53(5)6)31-22-29(18-21-33(31)51-39(40,41)42)44-37(49)45(30-19-16-27(17-20-30)26-10-8-7-9-11-26)24-25-12-14-28(15-13-25)35(47)43-23-32(46)36(48)50-4/h12-22,26,32,34,46,53H,7-11,23-24H2,1-6H3,(H,43,47)(H,44,49)/t32-,34?/m1/s1. The van der Waals surface area contributed by atoms with Crippen LogP contribution in [-0.4, -0.2) is 58.2 Å². The van der Waals surface area contributed by atoms with Crippen LogP contribution in [0, 0.1) is 5.41 Å². The largest absolute Gasteiger partial charge is 0.573 e. The van der Waals surface area contributed by atoms with Gasteiger partial charge in [-0.1, -0.05) is 64.3 Å². The van der Waals surface area contributed by atoms with Crippen molar-refractivity contribution in [1.29, 1.82) is 0 Å². The Morgan fingerprint density at radius 1 is 0.943 bits per heavy atom. The Hall–Kier alpha value is -4.40. The van der Waals surface area contributed by atoms with Crippen molar-refractivity contribution in [2.75, 3.05) is 23.9 Å². The van der Waals surface area contributed by atoms with E-state index in [0.29, 0.717) is 17.2 Å². The lowest BCUT2D eigenvalue weighted by Gasteiger charge is -2.34. The minimum atomic E-state index is -4.93. The number of methoxy groups -OCH3 is 1. The number of hydrogen-bond donors (Lipinski definition) is 3. The number of carbonyl (C=O) groups excluding carboxylic acids is 3. The molecule has 3 amide bonds. The number of carbonyl (C=O) groups is 3. The van der Waals surface area contributed by atoms with Crippen LogP contribution in [0.1, 0.15) is 91.9 Å². The maximum absolute atomic E-state index is 14.1. The number of amides is 3. The first kappa shape index (κ1) is 41.4. The highest BCUT2D eigenvalue weighted by atomic mass is 28.3. The number of alkyl halides is 3. The molecule has 0 bridgehead atoms. The molecule has 4 rings (SSSR count). The Balaban J connectivity index is 1.64. The third kappa shape index (κ3) is 12.1. The van der Waals surface area contributed by atoms with Gasteiger partial charge in [0.25, 0.3) is 5.91 Å². The Bertz CT molecular complexity index is 1690. The molecule has 14 heteroatoms. The molecule has 0 saturated heterocycles. The fraction of sp³-hybridized carbons (Fsp3) is 0.462. The summed E-state index contributed by atoms with van der Waals surface area (Å²) in [5.41, 5.74) is 2.58. The smallest absolute Gasteiger partial charge is 0.467 e. The number of halogens is 3. The van der Waals surface area contributed by atoms with Gasteiger partial charge in [-0.25, -0.2) is 9.59 Å². The van der Waals surface area contributed by atoms with Gasteiger partial charge in [0.15, 0.2) is 15.1 Å². The first-order valence-corrected chi connectivity index (χ1v) is 20.6. The summed E-state index contributed by atoms with van der Waals surface area (Å²) in [4.78, 5) is 39.8. The number of benzene rings is 3. The zero-order valence-corrected chi connectivity index (χ0v) is 32.2. The molecular weight excluding hydrogens is 708 g/mol. The molecule has 1 fully saturated rings. The number of aliphatic hydroxyl groups is 1. The predicted octanol–water partition coefficient (Wildman–Crippen LogP) is 8.22. The monoisotopic (exact) mass is 757 g/mol. The molecule has 3 aromatic rings. The van der Waals surface area contributed by atoms with Crippen LogP contribution in [0.5, 0.6) is 5.75 Å². The molecular formula is C39H50F3N3O7Si. The van der Waals surface area contributed by atoms with E-state index >= 15 is 0 Å². The van der Waals surface area contributed by atoms with Crippen LogP contribution in [0.15, 0.2) is 66.7 Å². The summed E-state index contributed by atoms with van der Waals surface area (Å²) in [6, 6.07) is 17.8. The molecule has 2 atom stereocenters. The molecule has 3 N–H and O–H groups in total. The first-order valence-electron chi connectivity index (χ1n) is 17.8. The molecule has 288 valence electrons. The average molecular weight is 758 g/mol. The molecule has 0 radical (unpaired) electrons. The van der Waals surface area contributed by atoms with Gasteiger partial charge in [0.2, 0.25) is 0 Å². The van der Waals surface area contributed by atoms with E-state index in [4.69, 9.17) is 4.43 Å². The quantitative estimate of drug-likeness (QED) is 0.119. The topological polar surface area (TPSA) is 126 Å². The number of nitrogens with one attached hydrogen (secondary N) is 2. The minimum Gasteiger partial charge on any atom is -0.467 e. The second-order valence-corrected chi connectivity index (χ2v) is 17.0. The summed E-state index contributed by atoms with van der Waals surface area (Å²) in [5, 5.41) is 15.2. The zero-order chi connectivity index (χ0) is 38.9. The van der Waals surface area contributed by atoms with E-state index in [9.17, 15) is 32.7 Å². The van der Waals surface area contributed by atoms with E-state index in [0.717, 1.165) is 20.0 Å². The fourth-order valence-corrected chi connectivity index (χ4v) is 7.45. The van der Waals surface area contributed by atoms with Gasteiger partial charge in [0, 0.05) is 22.5 Å². The number of urea groups is 1. The van der Waals surface area contributed by atoms with Crippen LogP contribution in [0.25, 0.3) is 0 Å². The van der Waals surface area contributed by atoms with E-state index < -0.39 is 56.7 Å². The van der Waals surface area contributed by atoms with E-state index in [-0.39, 0.29) is 29.9 Å². The summed E-state index contributed by atoms with van der Waals surface area (Å²) in [7, 11) is -0.608. The molecule has 1 aliphatic carbocycles. The van der Waals surface area contributed by atoms with Crippen molar-refractivity contribution in [2.45, 2.75) is 97.0 Å². The third-order valence-corrected chi connectivity index (χ3v) is 9.79. The second-order valence-electron chi connectivity index (χ2n) is 14.6. The summed E-state index contributed by atoms with van der Waals surface area (Å²) in [5.74, 6) is -1.33. The van der Waals surface area contributed by atoms with Crippen LogP contribution in [-0.2, 0) is 20.5 Å². The molecule has 1 saturated carbocycles. The van der Waals surface area contributed by atoms with Crippen molar-refractivity contribution in [2.24, 2.45) is 5.41 Å². The lowest BCUT2D eigenvalue weighted by Crippen LogP contribution is -2.37. The van der Waals surface area contributed by atoms with Crippen molar-refractivity contribution in [3.05, 3.63) is 89.0 Å². The third-order valence-electron chi connectivity index (χ3n) is 8.98. The summed E-state index contributed by atoms with van der Waals surface area (Å²) < 4.78 is 55.7. The Labute approximate surface area is 310 Å². The summed E-state index contributed by atoms with van der Waals surface area (Å²) in [6.07, 6.45) is -1.38. The Morgan fingerprint density at radius 3 is 2.15 bits per heavy atom. The maximum atomic E-state index is 14.1. The van der Waals surface area contributed by atoms with Crippen LogP contribution in [0.4, 0.5) is 29.3 Å². The highest BCUT2D eigenvalue weighted by Gasteiger charge is 2.36. The molecule has 0 spiro atoms.